The van der Waals surface area contributed by atoms with Crippen molar-refractivity contribution in [2.24, 2.45) is 7.05 Å². The van der Waals surface area contributed by atoms with Crippen LogP contribution in [-0.2, 0) is 7.05 Å². The Balaban J connectivity index is 2.46. The summed E-state index contributed by atoms with van der Waals surface area (Å²) >= 11 is 4.79. The van der Waals surface area contributed by atoms with Gasteiger partial charge in [0.25, 0.3) is 0 Å². The van der Waals surface area contributed by atoms with E-state index in [0.29, 0.717) is 5.56 Å². The summed E-state index contributed by atoms with van der Waals surface area (Å²) in [5.41, 5.74) is 1.56. The molecule has 0 N–H and O–H groups in total. The van der Waals surface area contributed by atoms with Gasteiger partial charge < -0.3 is 0 Å². The molecule has 0 aromatic carbocycles. The summed E-state index contributed by atoms with van der Waals surface area (Å²) in [6.07, 6.45) is 1.61. The molecule has 5 heteroatoms. The van der Waals surface area contributed by atoms with Gasteiger partial charge in [-0.1, -0.05) is 0 Å². The van der Waals surface area contributed by atoms with Gasteiger partial charge in [-0.3, -0.25) is 9.48 Å². The molecule has 2 heterocycles. The van der Waals surface area contributed by atoms with Crippen molar-refractivity contribution in [3.8, 4) is 0 Å². The van der Waals surface area contributed by atoms with Crippen molar-refractivity contribution in [3.05, 3.63) is 38.3 Å². The number of thiophene rings is 1. The summed E-state index contributed by atoms with van der Waals surface area (Å²) in [5, 5.41) is 5.95. The first-order valence-electron chi connectivity index (χ1n) is 4.37. The van der Waals surface area contributed by atoms with Crippen molar-refractivity contribution in [2.45, 2.75) is 6.92 Å². The third-order valence-corrected chi connectivity index (χ3v) is 4.14. The van der Waals surface area contributed by atoms with Gasteiger partial charge in [-0.25, -0.2) is 0 Å². The van der Waals surface area contributed by atoms with E-state index in [-0.39, 0.29) is 5.78 Å². The zero-order valence-corrected chi connectivity index (χ0v) is 10.7. The fraction of sp³-hybridized carbons (Fsp3) is 0.200. The molecule has 3 nitrogen and oxygen atoms in total. The van der Waals surface area contributed by atoms with E-state index >= 15 is 0 Å². The molecule has 0 aliphatic carbocycles. The van der Waals surface area contributed by atoms with Crippen LogP contribution in [0.15, 0.2) is 22.1 Å². The van der Waals surface area contributed by atoms with Crippen LogP contribution in [0, 0.1) is 6.92 Å². The largest absolute Gasteiger partial charge is 0.288 e. The van der Waals surface area contributed by atoms with Crippen LogP contribution in [-0.4, -0.2) is 15.6 Å². The van der Waals surface area contributed by atoms with Crippen molar-refractivity contribution in [1.29, 1.82) is 0 Å². The van der Waals surface area contributed by atoms with Gasteiger partial charge in [-0.05, 0) is 34.3 Å². The highest BCUT2D eigenvalue weighted by Gasteiger charge is 2.18. The maximum Gasteiger partial charge on any atom is 0.207 e. The minimum absolute atomic E-state index is 0.0301. The van der Waals surface area contributed by atoms with Crippen LogP contribution in [0.2, 0.25) is 0 Å². The van der Waals surface area contributed by atoms with Crippen molar-refractivity contribution in [1.82, 2.24) is 9.78 Å². The summed E-state index contributed by atoms with van der Waals surface area (Å²) in [6.45, 7) is 1.89. The van der Waals surface area contributed by atoms with Gasteiger partial charge in [0.1, 0.15) is 0 Å². The number of hydrogen-bond donors (Lipinski definition) is 0. The summed E-state index contributed by atoms with van der Waals surface area (Å²) in [7, 11) is 1.83. The number of rotatable bonds is 2. The first kappa shape index (κ1) is 10.6. The van der Waals surface area contributed by atoms with Gasteiger partial charge in [-0.15, -0.1) is 11.3 Å². The van der Waals surface area contributed by atoms with Crippen molar-refractivity contribution >= 4 is 33.0 Å². The molecule has 0 aliphatic rings. The first-order chi connectivity index (χ1) is 7.11. The molecule has 0 spiro atoms. The quantitative estimate of drug-likeness (QED) is 0.795. The zero-order valence-electron chi connectivity index (χ0n) is 8.32. The number of carbonyl (C=O) groups is 1. The monoisotopic (exact) mass is 284 g/mol. The minimum atomic E-state index is 0.0301. The van der Waals surface area contributed by atoms with Gasteiger partial charge in [0.2, 0.25) is 5.78 Å². The second-order valence-corrected chi connectivity index (χ2v) is 4.96. The summed E-state index contributed by atoms with van der Waals surface area (Å²) in [5.74, 6) is 0.0301. The molecule has 0 atom stereocenters. The first-order valence-corrected chi connectivity index (χ1v) is 6.05. The maximum atomic E-state index is 12.1. The van der Waals surface area contributed by atoms with Gasteiger partial charge in [0.05, 0.1) is 16.6 Å². The van der Waals surface area contributed by atoms with Crippen LogP contribution in [0.5, 0.6) is 0 Å². The fourth-order valence-corrected chi connectivity index (χ4v) is 2.81. The molecule has 0 aliphatic heterocycles. The molecule has 0 amide bonds. The van der Waals surface area contributed by atoms with Crippen molar-refractivity contribution < 1.29 is 4.79 Å². The maximum absolute atomic E-state index is 12.1. The Morgan fingerprint density at radius 1 is 1.60 bits per heavy atom. The van der Waals surface area contributed by atoms with Crippen LogP contribution in [0.4, 0.5) is 0 Å². The number of aryl methyl sites for hydroxylation is 1. The molecule has 2 aromatic heterocycles. The minimum Gasteiger partial charge on any atom is -0.288 e. The normalized spacial score (nSPS) is 10.6. The van der Waals surface area contributed by atoms with Gasteiger partial charge >= 0.3 is 0 Å². The lowest BCUT2D eigenvalue weighted by Gasteiger charge is -1.98. The van der Waals surface area contributed by atoms with E-state index in [4.69, 9.17) is 0 Å². The number of ketones is 1. The lowest BCUT2D eigenvalue weighted by molar-refractivity contribution is 0.104. The SMILES string of the molecule is Cc1c(C(=O)c2sccc2Br)cnn1C. The molecular weight excluding hydrogens is 276 g/mol. The van der Waals surface area contributed by atoms with Gasteiger partial charge in [0.15, 0.2) is 0 Å². The van der Waals surface area contributed by atoms with E-state index in [2.05, 4.69) is 21.0 Å². The zero-order chi connectivity index (χ0) is 11.0. The predicted octanol–water partition coefficient (Wildman–Crippen LogP) is 2.78. The number of halogens is 1. The molecule has 15 heavy (non-hydrogen) atoms. The molecule has 0 unspecified atom stereocenters. The molecule has 0 bridgehead atoms. The Morgan fingerprint density at radius 2 is 2.33 bits per heavy atom. The highest BCUT2D eigenvalue weighted by Crippen LogP contribution is 2.26. The lowest BCUT2D eigenvalue weighted by atomic mass is 10.1. The number of hydrogen-bond acceptors (Lipinski definition) is 3. The van der Waals surface area contributed by atoms with Crippen LogP contribution in [0.25, 0.3) is 0 Å². The third-order valence-electron chi connectivity index (χ3n) is 2.30. The van der Waals surface area contributed by atoms with Crippen LogP contribution in [0.3, 0.4) is 0 Å². The van der Waals surface area contributed by atoms with Crippen LogP contribution < -0.4 is 0 Å². The van der Waals surface area contributed by atoms with Gasteiger partial charge in [-0.2, -0.15) is 5.10 Å². The van der Waals surface area contributed by atoms with E-state index in [1.54, 1.807) is 10.9 Å². The van der Waals surface area contributed by atoms with E-state index in [0.717, 1.165) is 15.0 Å². The Labute approximate surface area is 99.9 Å². The highest BCUT2D eigenvalue weighted by molar-refractivity contribution is 9.10. The topological polar surface area (TPSA) is 34.9 Å². The number of carbonyl (C=O) groups excluding carboxylic acids is 1. The van der Waals surface area contributed by atoms with E-state index in [1.807, 2.05) is 25.4 Å². The smallest absolute Gasteiger partial charge is 0.207 e. The highest BCUT2D eigenvalue weighted by atomic mass is 79.9. The molecular formula is C10H9BrN2OS. The molecule has 0 fully saturated rings. The second kappa shape index (κ2) is 3.90. The Morgan fingerprint density at radius 3 is 2.80 bits per heavy atom. The van der Waals surface area contributed by atoms with E-state index in [1.165, 1.54) is 11.3 Å². The Hall–Kier alpha value is -0.940. The van der Waals surface area contributed by atoms with Crippen molar-refractivity contribution in [3.63, 3.8) is 0 Å². The van der Waals surface area contributed by atoms with Gasteiger partial charge in [0, 0.05) is 17.2 Å². The Kier molecular flexibility index (Phi) is 2.75. The number of nitrogens with zero attached hydrogens (tertiary/aromatic N) is 2. The Bertz CT molecular complexity index is 515. The summed E-state index contributed by atoms with van der Waals surface area (Å²) in [4.78, 5) is 12.8. The van der Waals surface area contributed by atoms with Crippen LogP contribution >= 0.6 is 27.3 Å². The molecule has 78 valence electrons. The average molecular weight is 285 g/mol. The third kappa shape index (κ3) is 1.77. The molecule has 2 aromatic rings. The number of aromatic nitrogens is 2. The van der Waals surface area contributed by atoms with Crippen molar-refractivity contribution in [2.75, 3.05) is 0 Å². The molecule has 0 saturated heterocycles. The molecule has 2 rings (SSSR count). The molecule has 0 radical (unpaired) electrons. The average Bonchev–Trinajstić information content (AvgIpc) is 2.75. The molecule has 0 saturated carbocycles. The standard InChI is InChI=1S/C10H9BrN2OS/c1-6-7(5-12-13(6)2)9(14)10-8(11)3-4-15-10/h3-5H,1-2H3. The van der Waals surface area contributed by atoms with E-state index < -0.39 is 0 Å². The second-order valence-electron chi connectivity index (χ2n) is 3.19. The van der Waals surface area contributed by atoms with Crippen LogP contribution in [0.1, 0.15) is 20.9 Å². The fourth-order valence-electron chi connectivity index (χ4n) is 1.30. The van der Waals surface area contributed by atoms with E-state index in [9.17, 15) is 4.79 Å². The summed E-state index contributed by atoms with van der Waals surface area (Å²) < 4.78 is 2.55. The predicted molar refractivity (Wildman–Crippen MR) is 63.4 cm³/mol. The lowest BCUT2D eigenvalue weighted by Crippen LogP contribution is -2.02. The summed E-state index contributed by atoms with van der Waals surface area (Å²) in [6, 6.07) is 1.88.